The summed E-state index contributed by atoms with van der Waals surface area (Å²) in [6.45, 7) is 1.60. The van der Waals surface area contributed by atoms with E-state index in [1.165, 1.54) is 0 Å². The normalized spacial score (nSPS) is 19.8. The zero-order chi connectivity index (χ0) is 18.7. The van der Waals surface area contributed by atoms with Crippen molar-refractivity contribution in [2.45, 2.75) is 18.8 Å². The third-order valence-corrected chi connectivity index (χ3v) is 5.17. The van der Waals surface area contributed by atoms with Gasteiger partial charge in [0.1, 0.15) is 12.0 Å². The number of hydrogen-bond acceptors (Lipinski definition) is 5. The lowest BCUT2D eigenvalue weighted by molar-refractivity contribution is 0.167. The third-order valence-electron chi connectivity index (χ3n) is 4.70. The Bertz CT molecular complexity index is 744. The van der Waals surface area contributed by atoms with Crippen LogP contribution in [0.25, 0.3) is 0 Å². The Balaban J connectivity index is 1.68. The fourth-order valence-corrected chi connectivity index (χ4v) is 3.52. The predicted molar refractivity (Wildman–Crippen MR) is 104 cm³/mol. The summed E-state index contributed by atoms with van der Waals surface area (Å²) in [5.41, 5.74) is 1.05. The predicted octanol–water partition coefficient (Wildman–Crippen LogP) is 3.52. The maximum Gasteiger partial charge on any atom is 0.161 e. The number of methoxy groups -OCH3 is 2. The molecule has 0 spiro atoms. The second kappa shape index (κ2) is 8.22. The van der Waals surface area contributed by atoms with Crippen molar-refractivity contribution in [3.8, 4) is 11.5 Å². The van der Waals surface area contributed by atoms with Crippen molar-refractivity contribution in [3.63, 3.8) is 0 Å². The van der Waals surface area contributed by atoms with Crippen molar-refractivity contribution in [2.75, 3.05) is 39.3 Å². The summed E-state index contributed by atoms with van der Waals surface area (Å²) in [5, 5.41) is 0. The molecule has 140 valence electrons. The van der Waals surface area contributed by atoms with Crippen LogP contribution >= 0.6 is 15.9 Å². The minimum absolute atomic E-state index is 0.187. The quantitative estimate of drug-likeness (QED) is 0.710. The maximum absolute atomic E-state index is 14.7. The third kappa shape index (κ3) is 4.10. The van der Waals surface area contributed by atoms with Gasteiger partial charge in [0, 0.05) is 23.8 Å². The minimum Gasteiger partial charge on any atom is -0.493 e. The van der Waals surface area contributed by atoms with E-state index in [0.29, 0.717) is 31.1 Å². The van der Waals surface area contributed by atoms with Crippen LogP contribution < -0.4 is 14.4 Å². The SMILES string of the molecule is COc1ccc(CN(C)C2CN(c3ccc(Br)cn3)CC2F)cc1OC. The molecule has 0 N–H and O–H groups in total. The summed E-state index contributed by atoms with van der Waals surface area (Å²) >= 11 is 3.38. The number of halogens is 2. The van der Waals surface area contributed by atoms with Gasteiger partial charge in [-0.1, -0.05) is 6.07 Å². The first-order valence-corrected chi connectivity index (χ1v) is 9.23. The Morgan fingerprint density at radius 3 is 2.62 bits per heavy atom. The first kappa shape index (κ1) is 18.9. The Hall–Kier alpha value is -1.86. The van der Waals surface area contributed by atoms with Crippen molar-refractivity contribution in [1.29, 1.82) is 0 Å². The van der Waals surface area contributed by atoms with Crippen LogP contribution in [0.5, 0.6) is 11.5 Å². The average molecular weight is 424 g/mol. The highest BCUT2D eigenvalue weighted by Crippen LogP contribution is 2.29. The van der Waals surface area contributed by atoms with E-state index in [1.54, 1.807) is 20.4 Å². The molecule has 26 heavy (non-hydrogen) atoms. The van der Waals surface area contributed by atoms with Gasteiger partial charge in [0.15, 0.2) is 11.5 Å². The van der Waals surface area contributed by atoms with E-state index in [9.17, 15) is 4.39 Å². The van der Waals surface area contributed by atoms with Crippen LogP contribution in [-0.4, -0.2) is 56.5 Å². The van der Waals surface area contributed by atoms with Crippen molar-refractivity contribution in [3.05, 3.63) is 46.6 Å². The first-order valence-electron chi connectivity index (χ1n) is 8.43. The van der Waals surface area contributed by atoms with Crippen LogP contribution in [0.15, 0.2) is 41.0 Å². The smallest absolute Gasteiger partial charge is 0.161 e. The molecule has 3 rings (SSSR count). The van der Waals surface area contributed by atoms with E-state index in [0.717, 1.165) is 15.9 Å². The molecular formula is C19H23BrFN3O2. The van der Waals surface area contributed by atoms with E-state index in [2.05, 4.69) is 20.9 Å². The van der Waals surface area contributed by atoms with Gasteiger partial charge in [0.2, 0.25) is 0 Å². The molecule has 0 saturated carbocycles. The summed E-state index contributed by atoms with van der Waals surface area (Å²) in [4.78, 5) is 8.42. The molecule has 1 aliphatic heterocycles. The van der Waals surface area contributed by atoms with Crippen LogP contribution in [-0.2, 0) is 6.54 Å². The van der Waals surface area contributed by atoms with Gasteiger partial charge in [0.05, 0.1) is 26.8 Å². The summed E-state index contributed by atoms with van der Waals surface area (Å²) in [6.07, 6.45) is 0.814. The fourth-order valence-electron chi connectivity index (χ4n) is 3.29. The summed E-state index contributed by atoms with van der Waals surface area (Å²) in [7, 11) is 5.18. The molecule has 0 amide bonds. The van der Waals surface area contributed by atoms with E-state index in [1.807, 2.05) is 47.2 Å². The molecule has 2 heterocycles. The molecule has 1 fully saturated rings. The van der Waals surface area contributed by atoms with E-state index in [-0.39, 0.29) is 6.04 Å². The average Bonchev–Trinajstić information content (AvgIpc) is 3.04. The van der Waals surface area contributed by atoms with Gasteiger partial charge in [-0.3, -0.25) is 4.90 Å². The lowest BCUT2D eigenvalue weighted by Crippen LogP contribution is -2.38. The number of ether oxygens (including phenoxy) is 2. The number of benzene rings is 1. The van der Waals surface area contributed by atoms with Gasteiger partial charge in [-0.05, 0) is 52.8 Å². The molecule has 1 saturated heterocycles. The second-order valence-corrected chi connectivity index (χ2v) is 7.34. The van der Waals surface area contributed by atoms with Crippen LogP contribution in [0.1, 0.15) is 5.56 Å². The summed E-state index contributed by atoms with van der Waals surface area (Å²) < 4.78 is 26.2. The van der Waals surface area contributed by atoms with Gasteiger partial charge in [-0.2, -0.15) is 0 Å². The van der Waals surface area contributed by atoms with Crippen LogP contribution in [0, 0.1) is 0 Å². The van der Waals surface area contributed by atoms with E-state index in [4.69, 9.17) is 9.47 Å². The molecule has 5 nitrogen and oxygen atoms in total. The minimum atomic E-state index is -0.925. The molecule has 1 aromatic heterocycles. The Morgan fingerprint density at radius 1 is 1.19 bits per heavy atom. The van der Waals surface area contributed by atoms with Gasteiger partial charge >= 0.3 is 0 Å². The molecule has 2 unspecified atom stereocenters. The van der Waals surface area contributed by atoms with Gasteiger partial charge in [0.25, 0.3) is 0 Å². The largest absolute Gasteiger partial charge is 0.493 e. The monoisotopic (exact) mass is 423 g/mol. The van der Waals surface area contributed by atoms with Crippen LogP contribution in [0.2, 0.25) is 0 Å². The summed E-state index contributed by atoms with van der Waals surface area (Å²) in [6, 6.07) is 9.44. The Labute approximate surface area is 161 Å². The topological polar surface area (TPSA) is 37.8 Å². The molecule has 1 aromatic carbocycles. The molecule has 7 heteroatoms. The molecule has 0 bridgehead atoms. The van der Waals surface area contributed by atoms with Crippen molar-refractivity contribution >= 4 is 21.7 Å². The number of likely N-dealkylation sites (N-methyl/N-ethyl adjacent to an activating group) is 1. The van der Waals surface area contributed by atoms with Gasteiger partial charge in [-0.15, -0.1) is 0 Å². The molecule has 2 aromatic rings. The standard InChI is InChI=1S/C19H23BrFN3O2/c1-23(10-13-4-6-17(25-2)18(8-13)26-3)16-12-24(11-15(16)21)19-7-5-14(20)9-22-19/h4-9,15-16H,10-12H2,1-3H3. The lowest BCUT2D eigenvalue weighted by Gasteiger charge is -2.26. The second-order valence-electron chi connectivity index (χ2n) is 6.43. The van der Waals surface area contributed by atoms with Crippen LogP contribution in [0.3, 0.4) is 0 Å². The Kier molecular flexibility index (Phi) is 5.98. The molecule has 0 radical (unpaired) electrons. The first-order chi connectivity index (χ1) is 12.5. The van der Waals surface area contributed by atoms with Gasteiger partial charge in [-0.25, -0.2) is 9.37 Å². The lowest BCUT2D eigenvalue weighted by atomic mass is 10.1. The van der Waals surface area contributed by atoms with Gasteiger partial charge < -0.3 is 14.4 Å². The zero-order valence-electron chi connectivity index (χ0n) is 15.2. The van der Waals surface area contributed by atoms with E-state index < -0.39 is 6.17 Å². The number of hydrogen-bond donors (Lipinski definition) is 0. The van der Waals surface area contributed by atoms with Crippen LogP contribution in [0.4, 0.5) is 10.2 Å². The fraction of sp³-hybridized carbons (Fsp3) is 0.421. The molecule has 2 atom stereocenters. The van der Waals surface area contributed by atoms with Crippen molar-refractivity contribution < 1.29 is 13.9 Å². The maximum atomic E-state index is 14.7. The van der Waals surface area contributed by atoms with Crippen molar-refractivity contribution in [2.24, 2.45) is 0 Å². The van der Waals surface area contributed by atoms with E-state index >= 15 is 0 Å². The number of nitrogens with zero attached hydrogens (tertiary/aromatic N) is 3. The zero-order valence-corrected chi connectivity index (χ0v) is 16.7. The highest BCUT2D eigenvalue weighted by Gasteiger charge is 2.36. The number of pyridine rings is 1. The molecular weight excluding hydrogens is 401 g/mol. The number of alkyl halides is 1. The summed E-state index contributed by atoms with van der Waals surface area (Å²) in [5.74, 6) is 2.18. The number of anilines is 1. The number of aromatic nitrogens is 1. The highest BCUT2D eigenvalue weighted by atomic mass is 79.9. The molecule has 1 aliphatic rings. The number of rotatable bonds is 6. The molecule has 0 aliphatic carbocycles. The Morgan fingerprint density at radius 2 is 1.96 bits per heavy atom. The van der Waals surface area contributed by atoms with Crippen molar-refractivity contribution in [1.82, 2.24) is 9.88 Å². The highest BCUT2D eigenvalue weighted by molar-refractivity contribution is 9.10.